The smallest absolute Gasteiger partial charge is 0.229 e. The van der Waals surface area contributed by atoms with Crippen molar-refractivity contribution in [3.63, 3.8) is 0 Å². The van der Waals surface area contributed by atoms with Gasteiger partial charge in [0.25, 0.3) is 0 Å². The van der Waals surface area contributed by atoms with Gasteiger partial charge < -0.3 is 19.5 Å². The predicted octanol–water partition coefficient (Wildman–Crippen LogP) is 1.98. The number of methoxy groups -OCH3 is 2. The minimum Gasteiger partial charge on any atom is -0.497 e. The molecule has 25 heavy (non-hydrogen) atoms. The van der Waals surface area contributed by atoms with Crippen molar-refractivity contribution in [1.29, 1.82) is 0 Å². The molecular formula is C19H22N2O4. The van der Waals surface area contributed by atoms with Crippen LogP contribution >= 0.6 is 0 Å². The van der Waals surface area contributed by atoms with Crippen LogP contribution in [-0.2, 0) is 11.2 Å². The zero-order valence-corrected chi connectivity index (χ0v) is 14.4. The van der Waals surface area contributed by atoms with Crippen molar-refractivity contribution >= 4 is 5.91 Å². The number of benzene rings is 1. The topological polar surface area (TPSA) is 71.9 Å². The van der Waals surface area contributed by atoms with Crippen LogP contribution in [0.1, 0.15) is 23.7 Å². The second kappa shape index (κ2) is 7.53. The Kier molecular flexibility index (Phi) is 5.19. The molecule has 6 heteroatoms. The fraction of sp³-hybridized carbons (Fsp3) is 0.368. The van der Waals surface area contributed by atoms with Crippen LogP contribution in [0.4, 0.5) is 0 Å². The van der Waals surface area contributed by atoms with Gasteiger partial charge in [0.2, 0.25) is 5.91 Å². The largest absolute Gasteiger partial charge is 0.497 e. The molecule has 2 heterocycles. The molecule has 0 bridgehead atoms. The van der Waals surface area contributed by atoms with Crippen LogP contribution in [0.15, 0.2) is 42.6 Å². The highest BCUT2D eigenvalue weighted by Gasteiger charge is 2.35. The van der Waals surface area contributed by atoms with Crippen LogP contribution in [0.2, 0.25) is 0 Å². The molecule has 1 fully saturated rings. The third kappa shape index (κ3) is 3.91. The molecule has 0 aliphatic carbocycles. The molecule has 2 aromatic rings. The Bertz CT molecular complexity index is 732. The summed E-state index contributed by atoms with van der Waals surface area (Å²) < 4.78 is 10.3. The highest BCUT2D eigenvalue weighted by molar-refractivity contribution is 5.79. The van der Waals surface area contributed by atoms with Gasteiger partial charge in [0.05, 0.1) is 39.0 Å². The summed E-state index contributed by atoms with van der Waals surface area (Å²) in [6.07, 6.45) is 1.79. The highest BCUT2D eigenvalue weighted by atomic mass is 16.5. The van der Waals surface area contributed by atoms with Crippen molar-refractivity contribution in [2.24, 2.45) is 0 Å². The SMILES string of the molecule is COc1ccc(CC(=O)N2C[C@H](O)C[C@@H]2c2cccc(OC)c2)nc1. The van der Waals surface area contributed by atoms with Gasteiger partial charge in [0.15, 0.2) is 0 Å². The van der Waals surface area contributed by atoms with Gasteiger partial charge in [-0.3, -0.25) is 9.78 Å². The van der Waals surface area contributed by atoms with E-state index in [1.54, 1.807) is 37.4 Å². The van der Waals surface area contributed by atoms with E-state index in [1.165, 1.54) is 0 Å². The van der Waals surface area contributed by atoms with Crippen molar-refractivity contribution < 1.29 is 19.4 Å². The molecule has 2 atom stereocenters. The van der Waals surface area contributed by atoms with Crippen molar-refractivity contribution in [3.05, 3.63) is 53.9 Å². The van der Waals surface area contributed by atoms with E-state index < -0.39 is 6.10 Å². The summed E-state index contributed by atoms with van der Waals surface area (Å²) in [5, 5.41) is 10.1. The number of pyridine rings is 1. The number of aliphatic hydroxyl groups excluding tert-OH is 1. The highest BCUT2D eigenvalue weighted by Crippen LogP contribution is 2.34. The van der Waals surface area contributed by atoms with Crippen LogP contribution in [0.3, 0.4) is 0 Å². The second-order valence-corrected chi connectivity index (χ2v) is 6.09. The molecule has 0 saturated carbocycles. The first-order chi connectivity index (χ1) is 12.1. The third-order valence-corrected chi connectivity index (χ3v) is 4.44. The lowest BCUT2D eigenvalue weighted by molar-refractivity contribution is -0.131. The van der Waals surface area contributed by atoms with Crippen LogP contribution in [-0.4, -0.2) is 47.8 Å². The van der Waals surface area contributed by atoms with E-state index in [0.29, 0.717) is 24.4 Å². The molecule has 1 aliphatic rings. The number of hydrogen-bond donors (Lipinski definition) is 1. The maximum Gasteiger partial charge on any atom is 0.229 e. The molecule has 1 aliphatic heterocycles. The molecular weight excluding hydrogens is 320 g/mol. The Morgan fingerprint density at radius 1 is 1.24 bits per heavy atom. The fourth-order valence-corrected chi connectivity index (χ4v) is 3.15. The summed E-state index contributed by atoms with van der Waals surface area (Å²) in [4.78, 5) is 18.7. The van der Waals surface area contributed by atoms with Gasteiger partial charge in [-0.05, 0) is 36.2 Å². The summed E-state index contributed by atoms with van der Waals surface area (Å²) in [5.74, 6) is 1.34. The number of carbonyl (C=O) groups excluding carboxylic acids is 1. The third-order valence-electron chi connectivity index (χ3n) is 4.44. The number of amides is 1. The first-order valence-electron chi connectivity index (χ1n) is 8.21. The standard InChI is InChI=1S/C19H22N2O4/c1-24-16-5-3-4-13(8-16)18-10-15(22)12-21(18)19(23)9-14-6-7-17(25-2)11-20-14/h3-8,11,15,18,22H,9-10,12H2,1-2H3/t15-,18-/m1/s1. The molecule has 0 unspecified atom stereocenters. The molecule has 1 aromatic carbocycles. The number of aromatic nitrogens is 1. The lowest BCUT2D eigenvalue weighted by Crippen LogP contribution is -2.33. The Hall–Kier alpha value is -2.60. The molecule has 1 N–H and O–H groups in total. The van der Waals surface area contributed by atoms with Gasteiger partial charge in [0, 0.05) is 12.2 Å². The number of β-amino-alcohol motifs (C(OH)–C–C–N with tert-alkyl or cyclic N) is 1. The average molecular weight is 342 g/mol. The Morgan fingerprint density at radius 3 is 2.72 bits per heavy atom. The Labute approximate surface area is 147 Å². The van der Waals surface area contributed by atoms with Crippen molar-refractivity contribution in [2.45, 2.75) is 25.0 Å². The summed E-state index contributed by atoms with van der Waals surface area (Å²) in [5.41, 5.74) is 1.64. The maximum atomic E-state index is 12.8. The quantitative estimate of drug-likeness (QED) is 0.899. The van der Waals surface area contributed by atoms with Gasteiger partial charge >= 0.3 is 0 Å². The van der Waals surface area contributed by atoms with Crippen molar-refractivity contribution in [1.82, 2.24) is 9.88 Å². The summed E-state index contributed by atoms with van der Waals surface area (Å²) >= 11 is 0. The number of rotatable bonds is 5. The summed E-state index contributed by atoms with van der Waals surface area (Å²) in [6, 6.07) is 11.0. The number of ether oxygens (including phenoxy) is 2. The molecule has 132 valence electrons. The van der Waals surface area contributed by atoms with Gasteiger partial charge in [-0.1, -0.05) is 12.1 Å². The summed E-state index contributed by atoms with van der Waals surface area (Å²) in [7, 11) is 3.19. The van der Waals surface area contributed by atoms with Crippen molar-refractivity contribution in [2.75, 3.05) is 20.8 Å². The molecule has 1 aromatic heterocycles. The zero-order valence-electron chi connectivity index (χ0n) is 14.4. The van der Waals surface area contributed by atoms with E-state index in [-0.39, 0.29) is 18.4 Å². The van der Waals surface area contributed by atoms with E-state index in [2.05, 4.69) is 4.98 Å². The number of likely N-dealkylation sites (tertiary alicyclic amines) is 1. The first-order valence-corrected chi connectivity index (χ1v) is 8.21. The van der Waals surface area contributed by atoms with Crippen LogP contribution in [0.5, 0.6) is 11.5 Å². The molecule has 0 spiro atoms. The Morgan fingerprint density at radius 2 is 2.04 bits per heavy atom. The van der Waals surface area contributed by atoms with Crippen LogP contribution in [0, 0.1) is 0 Å². The fourth-order valence-electron chi connectivity index (χ4n) is 3.15. The first kappa shape index (κ1) is 17.2. The lowest BCUT2D eigenvalue weighted by Gasteiger charge is -2.25. The average Bonchev–Trinajstić information content (AvgIpc) is 3.04. The molecule has 6 nitrogen and oxygen atoms in total. The van der Waals surface area contributed by atoms with Gasteiger partial charge in [0.1, 0.15) is 11.5 Å². The van der Waals surface area contributed by atoms with Crippen LogP contribution < -0.4 is 9.47 Å². The predicted molar refractivity (Wildman–Crippen MR) is 92.6 cm³/mol. The minimum atomic E-state index is -0.524. The molecule has 1 amide bonds. The molecule has 3 rings (SSSR count). The van der Waals surface area contributed by atoms with E-state index in [0.717, 1.165) is 11.3 Å². The molecule has 0 radical (unpaired) electrons. The van der Waals surface area contributed by atoms with Gasteiger partial charge in [-0.25, -0.2) is 0 Å². The van der Waals surface area contributed by atoms with Gasteiger partial charge in [-0.2, -0.15) is 0 Å². The van der Waals surface area contributed by atoms with E-state index in [1.807, 2.05) is 24.3 Å². The Balaban J connectivity index is 1.76. The normalized spacial score (nSPS) is 19.7. The number of aliphatic hydroxyl groups is 1. The summed E-state index contributed by atoms with van der Waals surface area (Å²) in [6.45, 7) is 0.330. The number of carbonyl (C=O) groups is 1. The molecule has 1 saturated heterocycles. The van der Waals surface area contributed by atoms with E-state index in [4.69, 9.17) is 9.47 Å². The lowest BCUT2D eigenvalue weighted by atomic mass is 10.0. The monoisotopic (exact) mass is 342 g/mol. The van der Waals surface area contributed by atoms with Crippen LogP contribution in [0.25, 0.3) is 0 Å². The minimum absolute atomic E-state index is 0.0537. The van der Waals surface area contributed by atoms with E-state index in [9.17, 15) is 9.90 Å². The zero-order chi connectivity index (χ0) is 17.8. The number of nitrogens with zero attached hydrogens (tertiary/aromatic N) is 2. The number of hydrogen-bond acceptors (Lipinski definition) is 5. The van der Waals surface area contributed by atoms with E-state index >= 15 is 0 Å². The second-order valence-electron chi connectivity index (χ2n) is 6.09. The maximum absolute atomic E-state index is 12.8. The van der Waals surface area contributed by atoms with Crippen molar-refractivity contribution in [3.8, 4) is 11.5 Å². The van der Waals surface area contributed by atoms with Gasteiger partial charge in [-0.15, -0.1) is 0 Å².